The van der Waals surface area contributed by atoms with Gasteiger partial charge in [-0.05, 0) is 48.4 Å². The molecule has 1 aliphatic rings. The van der Waals surface area contributed by atoms with Gasteiger partial charge in [0.2, 0.25) is 5.91 Å². The van der Waals surface area contributed by atoms with Gasteiger partial charge in [0, 0.05) is 13.0 Å². The Hall–Kier alpha value is -3.11. The van der Waals surface area contributed by atoms with Crippen LogP contribution in [0.25, 0.3) is 11.0 Å². The average Bonchev–Trinajstić information content (AvgIpc) is 3.15. The molecule has 1 aromatic carbocycles. The van der Waals surface area contributed by atoms with Crippen molar-refractivity contribution in [2.24, 2.45) is 0 Å². The molecule has 0 spiro atoms. The largest absolute Gasteiger partial charge is 0.433 e. The quantitative estimate of drug-likeness (QED) is 0.394. The van der Waals surface area contributed by atoms with E-state index in [0.29, 0.717) is 17.0 Å². The number of aryl methyl sites for hydroxylation is 2. The number of pyridine rings is 1. The number of fused-ring (bicyclic) bond motifs is 3. The van der Waals surface area contributed by atoms with Crippen molar-refractivity contribution in [3.63, 3.8) is 0 Å². The summed E-state index contributed by atoms with van der Waals surface area (Å²) in [6.45, 7) is 5.24. The molecule has 3 aromatic rings. The number of benzene rings is 1. The molecule has 35 heavy (non-hydrogen) atoms. The summed E-state index contributed by atoms with van der Waals surface area (Å²) in [7, 11) is 0. The Labute approximate surface area is 197 Å². The van der Waals surface area contributed by atoms with E-state index >= 15 is 0 Å². The zero-order valence-electron chi connectivity index (χ0n) is 19.3. The van der Waals surface area contributed by atoms with E-state index in [1.165, 1.54) is 11.8 Å². The Morgan fingerprint density at radius 3 is 2.34 bits per heavy atom. The number of hydrogen-bond acceptors (Lipinski definition) is 3. The van der Waals surface area contributed by atoms with Crippen LogP contribution in [0.1, 0.15) is 61.0 Å². The van der Waals surface area contributed by atoms with Crippen molar-refractivity contribution in [3.8, 4) is 0 Å². The molecule has 0 saturated carbocycles. The predicted octanol–water partition coefficient (Wildman–Crippen LogP) is 6.35. The third kappa shape index (κ3) is 4.85. The number of nitrogens with zero attached hydrogens (tertiary/aromatic N) is 4. The second kappa shape index (κ2) is 8.83. The molecule has 1 aliphatic heterocycles. The number of alkyl halides is 6. The second-order valence-electron chi connectivity index (χ2n) is 9.08. The molecule has 4 rings (SSSR count). The summed E-state index contributed by atoms with van der Waals surface area (Å²) in [6, 6.07) is 6.45. The zero-order chi connectivity index (χ0) is 25.7. The summed E-state index contributed by atoms with van der Waals surface area (Å²) in [5.41, 5.74) is 0.382. The van der Waals surface area contributed by atoms with Crippen molar-refractivity contribution in [1.82, 2.24) is 14.8 Å². The van der Waals surface area contributed by atoms with Crippen LogP contribution in [0.3, 0.4) is 0 Å². The number of amides is 1. The monoisotopic (exact) mass is 498 g/mol. The summed E-state index contributed by atoms with van der Waals surface area (Å²) >= 11 is 0. The Balaban J connectivity index is 1.70. The minimum Gasteiger partial charge on any atom is -0.296 e. The van der Waals surface area contributed by atoms with E-state index < -0.39 is 42.1 Å². The Morgan fingerprint density at radius 1 is 1.11 bits per heavy atom. The summed E-state index contributed by atoms with van der Waals surface area (Å²) in [5, 5.41) is 3.82. The molecular weight excluding hydrogens is 474 g/mol. The van der Waals surface area contributed by atoms with Gasteiger partial charge in [-0.1, -0.05) is 38.1 Å². The summed E-state index contributed by atoms with van der Waals surface area (Å²) < 4.78 is 81.6. The van der Waals surface area contributed by atoms with Gasteiger partial charge in [0.15, 0.2) is 11.7 Å². The van der Waals surface area contributed by atoms with E-state index in [2.05, 4.69) is 23.9 Å². The molecule has 0 fully saturated rings. The van der Waals surface area contributed by atoms with Crippen molar-refractivity contribution in [1.29, 1.82) is 0 Å². The fourth-order valence-corrected chi connectivity index (χ4v) is 4.37. The summed E-state index contributed by atoms with van der Waals surface area (Å²) in [4.78, 5) is 17.8. The third-order valence-electron chi connectivity index (χ3n) is 6.26. The van der Waals surface area contributed by atoms with E-state index in [4.69, 9.17) is 0 Å². The molecule has 1 amide bonds. The van der Waals surface area contributed by atoms with E-state index in [0.717, 1.165) is 17.2 Å². The number of rotatable bonds is 4. The first-order chi connectivity index (χ1) is 16.3. The Bertz CT molecular complexity index is 1240. The van der Waals surface area contributed by atoms with E-state index in [-0.39, 0.29) is 29.7 Å². The van der Waals surface area contributed by atoms with Crippen LogP contribution < -0.4 is 4.90 Å². The molecule has 0 saturated heterocycles. The summed E-state index contributed by atoms with van der Waals surface area (Å²) in [6.07, 6.45) is -9.53. The van der Waals surface area contributed by atoms with Crippen LogP contribution in [0.2, 0.25) is 0 Å². The highest BCUT2D eigenvalue weighted by atomic mass is 19.4. The summed E-state index contributed by atoms with van der Waals surface area (Å²) in [5.74, 6) is -0.239. The highest BCUT2D eigenvalue weighted by molar-refractivity contribution is 6.02. The molecule has 0 N–H and O–H groups in total. The fourth-order valence-electron chi connectivity index (χ4n) is 4.37. The van der Waals surface area contributed by atoms with Crippen molar-refractivity contribution >= 4 is 22.8 Å². The van der Waals surface area contributed by atoms with Crippen molar-refractivity contribution in [3.05, 3.63) is 52.7 Å². The number of hydrogen-bond donors (Lipinski definition) is 0. The molecule has 0 unspecified atom stereocenters. The fraction of sp³-hybridized carbons (Fsp3) is 0.458. The first kappa shape index (κ1) is 25.0. The van der Waals surface area contributed by atoms with Gasteiger partial charge in [-0.2, -0.15) is 26.3 Å². The minimum absolute atomic E-state index is 0.0154. The van der Waals surface area contributed by atoms with Crippen LogP contribution in [0, 0.1) is 6.92 Å². The molecule has 5 nitrogen and oxygen atoms in total. The van der Waals surface area contributed by atoms with E-state index in [9.17, 15) is 31.1 Å². The molecule has 0 radical (unpaired) electrons. The maximum absolute atomic E-state index is 13.7. The molecular formula is C24H24F6N4O. The lowest BCUT2D eigenvalue weighted by Gasteiger charge is -2.34. The Morgan fingerprint density at radius 2 is 1.77 bits per heavy atom. The molecule has 0 bridgehead atoms. The molecule has 2 aromatic heterocycles. The van der Waals surface area contributed by atoms with Gasteiger partial charge in [-0.3, -0.25) is 9.69 Å². The van der Waals surface area contributed by atoms with Crippen LogP contribution in [0.5, 0.6) is 0 Å². The topological polar surface area (TPSA) is 51.0 Å². The number of carbonyl (C=O) groups excluding carboxylic acids is 1. The molecule has 188 valence electrons. The lowest BCUT2D eigenvalue weighted by atomic mass is 10.00. The lowest BCUT2D eigenvalue weighted by molar-refractivity contribution is -0.172. The molecule has 11 heteroatoms. The Kier molecular flexibility index (Phi) is 6.31. The first-order valence-electron chi connectivity index (χ1n) is 11.2. The van der Waals surface area contributed by atoms with Crippen LogP contribution >= 0.6 is 0 Å². The van der Waals surface area contributed by atoms with Gasteiger partial charge >= 0.3 is 12.4 Å². The van der Waals surface area contributed by atoms with Crippen molar-refractivity contribution in [2.75, 3.05) is 11.4 Å². The van der Waals surface area contributed by atoms with Crippen LogP contribution in [0.4, 0.5) is 32.2 Å². The van der Waals surface area contributed by atoms with Gasteiger partial charge in [0.05, 0.1) is 5.39 Å². The highest BCUT2D eigenvalue weighted by Crippen LogP contribution is 2.43. The van der Waals surface area contributed by atoms with Crippen molar-refractivity contribution in [2.45, 2.75) is 64.3 Å². The third-order valence-corrected chi connectivity index (χ3v) is 6.26. The smallest absolute Gasteiger partial charge is 0.296 e. The maximum atomic E-state index is 13.7. The number of carbonyl (C=O) groups is 1. The predicted molar refractivity (Wildman–Crippen MR) is 118 cm³/mol. The van der Waals surface area contributed by atoms with E-state index in [1.807, 2.05) is 24.3 Å². The number of aromatic nitrogens is 3. The highest BCUT2D eigenvalue weighted by Gasteiger charge is 2.47. The van der Waals surface area contributed by atoms with Gasteiger partial charge in [-0.15, -0.1) is 5.10 Å². The molecule has 3 heterocycles. The minimum atomic E-state index is -4.78. The van der Waals surface area contributed by atoms with Crippen LogP contribution in [0.15, 0.2) is 30.3 Å². The average molecular weight is 498 g/mol. The second-order valence-corrected chi connectivity index (χ2v) is 9.08. The number of halogens is 6. The SMILES string of the molecule is Cc1cc(C(F)(F)F)nc2nn3c(c12)N(C(=O)CCc1ccc(C(C)C)cc1)CC[C@@H]3C(F)(F)F. The first-order valence-corrected chi connectivity index (χ1v) is 11.2. The normalized spacial score (nSPS) is 16.7. The van der Waals surface area contributed by atoms with Gasteiger partial charge < -0.3 is 0 Å². The molecule has 1 atom stereocenters. The van der Waals surface area contributed by atoms with Gasteiger partial charge in [0.1, 0.15) is 11.5 Å². The lowest BCUT2D eigenvalue weighted by Crippen LogP contribution is -2.43. The maximum Gasteiger partial charge on any atom is 0.433 e. The molecule has 0 aliphatic carbocycles. The van der Waals surface area contributed by atoms with E-state index in [1.54, 1.807) is 0 Å². The zero-order valence-corrected chi connectivity index (χ0v) is 19.3. The van der Waals surface area contributed by atoms with Gasteiger partial charge in [-0.25, -0.2) is 9.67 Å². The van der Waals surface area contributed by atoms with Crippen LogP contribution in [-0.2, 0) is 17.4 Å². The van der Waals surface area contributed by atoms with Crippen molar-refractivity contribution < 1.29 is 31.1 Å². The standard InChI is InChI=1S/C24H24F6N4O/c1-13(2)16-7-4-15(5-8-16)6-9-19(35)33-11-10-18(24(28,29)30)34-22(33)20-14(3)12-17(23(25,26)27)31-21(20)32-34/h4-5,7-8,12-13,18H,6,9-11H2,1-3H3/t18-/m1/s1. The van der Waals surface area contributed by atoms with Gasteiger partial charge in [0.25, 0.3) is 0 Å². The van der Waals surface area contributed by atoms with Crippen LogP contribution in [-0.4, -0.2) is 33.4 Å². The number of anilines is 1.